The molecule has 2 aliphatic carbocycles. The maximum absolute atomic E-state index is 9.53. The zero-order chi connectivity index (χ0) is 11.7. The van der Waals surface area contributed by atoms with E-state index in [1.807, 2.05) is 0 Å². The van der Waals surface area contributed by atoms with Crippen LogP contribution in [-0.2, 0) is 6.42 Å². The largest absolute Gasteiger partial charge is 0.393 e. The highest BCUT2D eigenvalue weighted by Crippen LogP contribution is 2.30. The van der Waals surface area contributed by atoms with E-state index in [-0.39, 0.29) is 6.10 Å². The third-order valence-corrected chi connectivity index (χ3v) is 4.37. The normalized spacial score (nSPS) is 30.2. The van der Waals surface area contributed by atoms with Gasteiger partial charge in [-0.25, -0.2) is 0 Å². The molecule has 17 heavy (non-hydrogen) atoms. The van der Waals surface area contributed by atoms with Gasteiger partial charge in [-0.05, 0) is 50.5 Å². The number of aliphatic hydroxyl groups is 1. The first kappa shape index (κ1) is 11.3. The fraction of sp³-hybridized carbons (Fsp3) is 0.786. The van der Waals surface area contributed by atoms with Crippen LogP contribution >= 0.6 is 0 Å². The Morgan fingerprint density at radius 1 is 1.24 bits per heavy atom. The van der Waals surface area contributed by atoms with Gasteiger partial charge in [0.1, 0.15) is 0 Å². The molecule has 0 radical (unpaired) electrons. The second kappa shape index (κ2) is 4.81. The van der Waals surface area contributed by atoms with Gasteiger partial charge in [-0.1, -0.05) is 12.8 Å². The van der Waals surface area contributed by atoms with Gasteiger partial charge < -0.3 is 5.11 Å². The lowest BCUT2D eigenvalue weighted by atomic mass is 10.0. The van der Waals surface area contributed by atoms with Gasteiger partial charge >= 0.3 is 0 Å². The number of aromatic nitrogens is 2. The Bertz CT molecular complexity index is 368. The van der Waals surface area contributed by atoms with E-state index < -0.39 is 0 Å². The Balaban J connectivity index is 1.60. The average Bonchev–Trinajstić information content (AvgIpc) is 3.00. The highest BCUT2D eigenvalue weighted by atomic mass is 16.3. The summed E-state index contributed by atoms with van der Waals surface area (Å²) in [6, 6.07) is 2.82. The smallest absolute Gasteiger partial charge is 0.0627 e. The molecule has 0 amide bonds. The molecular weight excluding hydrogens is 212 g/mol. The number of aliphatic hydroxyl groups excluding tert-OH is 1. The van der Waals surface area contributed by atoms with E-state index >= 15 is 0 Å². The molecule has 3 rings (SSSR count). The van der Waals surface area contributed by atoms with Crippen molar-refractivity contribution in [1.82, 2.24) is 9.78 Å². The standard InChI is InChI=1S/C14H22N2O/c17-14-6-5-11(10-14)9-12-7-8-16(15-12)13-3-1-2-4-13/h7-8,11,13-14,17H,1-6,9-10H2. The van der Waals surface area contributed by atoms with Gasteiger partial charge in [0.2, 0.25) is 0 Å². The Morgan fingerprint density at radius 2 is 2.06 bits per heavy atom. The van der Waals surface area contributed by atoms with Gasteiger partial charge in [-0.3, -0.25) is 4.68 Å². The Hall–Kier alpha value is -0.830. The van der Waals surface area contributed by atoms with Crippen molar-refractivity contribution in [3.05, 3.63) is 18.0 Å². The molecule has 1 aromatic heterocycles. The van der Waals surface area contributed by atoms with Crippen LogP contribution in [0.5, 0.6) is 0 Å². The molecule has 3 heteroatoms. The van der Waals surface area contributed by atoms with Crippen LogP contribution in [0.1, 0.15) is 56.7 Å². The number of nitrogens with zero attached hydrogens (tertiary/aromatic N) is 2. The fourth-order valence-electron chi connectivity index (χ4n) is 3.39. The van der Waals surface area contributed by atoms with Gasteiger partial charge in [0.05, 0.1) is 17.8 Å². The summed E-state index contributed by atoms with van der Waals surface area (Å²) in [4.78, 5) is 0. The topological polar surface area (TPSA) is 38.0 Å². The van der Waals surface area contributed by atoms with E-state index in [2.05, 4.69) is 16.9 Å². The summed E-state index contributed by atoms with van der Waals surface area (Å²) >= 11 is 0. The van der Waals surface area contributed by atoms with Crippen LogP contribution < -0.4 is 0 Å². The maximum Gasteiger partial charge on any atom is 0.0627 e. The third-order valence-electron chi connectivity index (χ3n) is 4.37. The number of hydrogen-bond acceptors (Lipinski definition) is 2. The molecule has 2 fully saturated rings. The molecule has 1 N–H and O–H groups in total. The molecule has 3 nitrogen and oxygen atoms in total. The summed E-state index contributed by atoms with van der Waals surface area (Å²) in [5.41, 5.74) is 1.22. The third kappa shape index (κ3) is 2.54. The van der Waals surface area contributed by atoms with Crippen molar-refractivity contribution < 1.29 is 5.11 Å². The van der Waals surface area contributed by atoms with Crippen LogP contribution in [0.15, 0.2) is 12.3 Å². The monoisotopic (exact) mass is 234 g/mol. The second-order valence-electron chi connectivity index (χ2n) is 5.76. The first-order chi connectivity index (χ1) is 8.31. The van der Waals surface area contributed by atoms with Crippen LogP contribution in [0, 0.1) is 5.92 Å². The zero-order valence-corrected chi connectivity index (χ0v) is 10.4. The van der Waals surface area contributed by atoms with E-state index in [1.54, 1.807) is 0 Å². The minimum absolute atomic E-state index is 0.0584. The van der Waals surface area contributed by atoms with Crippen LogP contribution in [0.3, 0.4) is 0 Å². The minimum Gasteiger partial charge on any atom is -0.393 e. The van der Waals surface area contributed by atoms with E-state index in [1.165, 1.54) is 31.4 Å². The van der Waals surface area contributed by atoms with Crippen molar-refractivity contribution in [3.8, 4) is 0 Å². The maximum atomic E-state index is 9.53. The molecule has 2 aliphatic rings. The Kier molecular flexibility index (Phi) is 3.19. The predicted octanol–water partition coefficient (Wildman–Crippen LogP) is 2.70. The predicted molar refractivity (Wildman–Crippen MR) is 66.8 cm³/mol. The van der Waals surface area contributed by atoms with E-state index in [0.717, 1.165) is 25.7 Å². The van der Waals surface area contributed by atoms with Gasteiger partial charge in [0.25, 0.3) is 0 Å². The Labute approximate surface area is 103 Å². The van der Waals surface area contributed by atoms with Crippen molar-refractivity contribution in [2.75, 3.05) is 0 Å². The average molecular weight is 234 g/mol. The SMILES string of the molecule is OC1CCC(Cc2ccn(C3CCCC3)n2)C1. The van der Waals surface area contributed by atoms with Crippen LogP contribution in [0.2, 0.25) is 0 Å². The molecule has 1 aromatic rings. The number of hydrogen-bond donors (Lipinski definition) is 1. The van der Waals surface area contributed by atoms with Gasteiger partial charge in [0.15, 0.2) is 0 Å². The minimum atomic E-state index is -0.0584. The summed E-state index contributed by atoms with van der Waals surface area (Å²) in [6.45, 7) is 0. The fourth-order valence-corrected chi connectivity index (χ4v) is 3.39. The van der Waals surface area contributed by atoms with E-state index in [0.29, 0.717) is 12.0 Å². The molecule has 0 saturated heterocycles. The van der Waals surface area contributed by atoms with Crippen LogP contribution in [0.4, 0.5) is 0 Å². The lowest BCUT2D eigenvalue weighted by molar-refractivity contribution is 0.177. The van der Waals surface area contributed by atoms with E-state index in [9.17, 15) is 5.11 Å². The molecule has 2 atom stereocenters. The van der Waals surface area contributed by atoms with Crippen molar-refractivity contribution in [2.45, 2.75) is 63.5 Å². The lowest BCUT2D eigenvalue weighted by Crippen LogP contribution is -2.07. The molecule has 2 saturated carbocycles. The molecule has 1 heterocycles. The quantitative estimate of drug-likeness (QED) is 0.873. The lowest BCUT2D eigenvalue weighted by Gasteiger charge is -2.10. The molecule has 0 aliphatic heterocycles. The molecule has 0 aromatic carbocycles. The van der Waals surface area contributed by atoms with Gasteiger partial charge in [0, 0.05) is 6.20 Å². The van der Waals surface area contributed by atoms with Crippen molar-refractivity contribution in [2.24, 2.45) is 5.92 Å². The second-order valence-corrected chi connectivity index (χ2v) is 5.76. The van der Waals surface area contributed by atoms with Crippen molar-refractivity contribution in [3.63, 3.8) is 0 Å². The number of rotatable bonds is 3. The van der Waals surface area contributed by atoms with Crippen molar-refractivity contribution >= 4 is 0 Å². The van der Waals surface area contributed by atoms with Crippen LogP contribution in [0.25, 0.3) is 0 Å². The van der Waals surface area contributed by atoms with Crippen LogP contribution in [-0.4, -0.2) is 21.0 Å². The summed E-state index contributed by atoms with van der Waals surface area (Å²) in [5.74, 6) is 0.650. The summed E-state index contributed by atoms with van der Waals surface area (Å²) in [6.07, 6.45) is 11.6. The first-order valence-corrected chi connectivity index (χ1v) is 7.03. The molecular formula is C14H22N2O. The van der Waals surface area contributed by atoms with Gasteiger partial charge in [-0.2, -0.15) is 5.10 Å². The van der Waals surface area contributed by atoms with Gasteiger partial charge in [-0.15, -0.1) is 0 Å². The zero-order valence-electron chi connectivity index (χ0n) is 10.4. The Morgan fingerprint density at radius 3 is 2.76 bits per heavy atom. The molecule has 0 bridgehead atoms. The molecule has 0 spiro atoms. The molecule has 2 unspecified atom stereocenters. The first-order valence-electron chi connectivity index (χ1n) is 7.03. The summed E-state index contributed by atoms with van der Waals surface area (Å²) in [7, 11) is 0. The summed E-state index contributed by atoms with van der Waals surface area (Å²) < 4.78 is 2.17. The van der Waals surface area contributed by atoms with E-state index in [4.69, 9.17) is 5.10 Å². The highest BCUT2D eigenvalue weighted by Gasteiger charge is 2.24. The molecule has 94 valence electrons. The summed E-state index contributed by atoms with van der Waals surface area (Å²) in [5, 5.41) is 14.2. The highest BCUT2D eigenvalue weighted by molar-refractivity contribution is 5.02. The van der Waals surface area contributed by atoms with Crippen molar-refractivity contribution in [1.29, 1.82) is 0 Å².